The van der Waals surface area contributed by atoms with Crippen LogP contribution < -0.4 is 5.69 Å². The molecule has 1 N–H and O–H groups in total. The third-order valence-electron chi connectivity index (χ3n) is 7.29. The van der Waals surface area contributed by atoms with Crippen molar-refractivity contribution >= 4 is 55.0 Å². The summed E-state index contributed by atoms with van der Waals surface area (Å²) in [5.41, 5.74) is 5.00. The van der Waals surface area contributed by atoms with E-state index in [4.69, 9.17) is 11.6 Å². The maximum absolute atomic E-state index is 12.0. The fourth-order valence-corrected chi connectivity index (χ4v) is 5.54. The summed E-state index contributed by atoms with van der Waals surface area (Å²) >= 11 is 6.15. The molecule has 0 saturated carbocycles. The van der Waals surface area contributed by atoms with E-state index in [0.717, 1.165) is 65.9 Å². The van der Waals surface area contributed by atoms with Gasteiger partial charge < -0.3 is 4.98 Å². The van der Waals surface area contributed by atoms with Crippen LogP contribution >= 0.6 is 11.6 Å². The highest BCUT2D eigenvalue weighted by Crippen LogP contribution is 2.32. The summed E-state index contributed by atoms with van der Waals surface area (Å²) < 4.78 is 0. The average molecular weight is 563 g/mol. The van der Waals surface area contributed by atoms with Crippen molar-refractivity contribution in [2.24, 2.45) is 0 Å². The lowest BCUT2D eigenvalue weighted by atomic mass is 10.0. The first-order valence-corrected chi connectivity index (χ1v) is 13.9. The minimum absolute atomic E-state index is 0.276. The van der Waals surface area contributed by atoms with E-state index in [0.29, 0.717) is 0 Å². The van der Waals surface area contributed by atoms with Gasteiger partial charge in [-0.05, 0) is 28.4 Å². The van der Waals surface area contributed by atoms with Gasteiger partial charge in [0.2, 0.25) is 5.28 Å². The Hall–Kier alpha value is -5.39. The van der Waals surface area contributed by atoms with Crippen LogP contribution in [0.2, 0.25) is 5.28 Å². The second-order valence-corrected chi connectivity index (χ2v) is 10.2. The first-order chi connectivity index (χ1) is 20.7. The van der Waals surface area contributed by atoms with Crippen molar-refractivity contribution in [3.8, 4) is 22.5 Å². The highest BCUT2D eigenvalue weighted by molar-refractivity contribution is 6.29. The number of rotatable bonds is 2. The Labute approximate surface area is 246 Å². The normalized spacial score (nSPS) is 11.1. The van der Waals surface area contributed by atoms with Gasteiger partial charge in [-0.1, -0.05) is 127 Å². The number of benzene rings is 6. The number of nitrogens with zero attached hydrogens (tertiary/aromatic N) is 3. The zero-order valence-corrected chi connectivity index (χ0v) is 23.1. The predicted octanol–water partition coefficient (Wildman–Crippen LogP) is 8.85. The summed E-state index contributed by atoms with van der Waals surface area (Å²) in [6.07, 6.45) is 0. The Bertz CT molecular complexity index is 2280. The van der Waals surface area contributed by atoms with Gasteiger partial charge in [-0.25, -0.2) is 14.8 Å². The maximum atomic E-state index is 12.0. The molecule has 8 rings (SSSR count). The van der Waals surface area contributed by atoms with Crippen molar-refractivity contribution < 1.29 is 0 Å². The molecule has 0 aliphatic carbocycles. The Morgan fingerprint density at radius 3 is 1.67 bits per heavy atom. The van der Waals surface area contributed by atoms with Gasteiger partial charge in [0.05, 0.1) is 22.4 Å². The monoisotopic (exact) mass is 562 g/mol. The highest BCUT2D eigenvalue weighted by Gasteiger charge is 2.12. The Morgan fingerprint density at radius 2 is 1.00 bits per heavy atom. The summed E-state index contributed by atoms with van der Waals surface area (Å²) in [4.78, 5) is 27.9. The molecule has 200 valence electrons. The van der Waals surface area contributed by atoms with Crippen molar-refractivity contribution in [3.63, 3.8) is 0 Å². The number of aromatic nitrogens is 4. The van der Waals surface area contributed by atoms with Gasteiger partial charge in [-0.3, -0.25) is 0 Å². The van der Waals surface area contributed by atoms with E-state index in [1.54, 1.807) is 0 Å². The van der Waals surface area contributed by atoms with Crippen LogP contribution in [0.15, 0.2) is 138 Å². The van der Waals surface area contributed by atoms with Crippen molar-refractivity contribution in [1.29, 1.82) is 0 Å². The third-order valence-corrected chi connectivity index (χ3v) is 7.46. The lowest BCUT2D eigenvalue weighted by Crippen LogP contribution is -2.11. The summed E-state index contributed by atoms with van der Waals surface area (Å²) in [5.74, 6) is 0. The van der Waals surface area contributed by atoms with E-state index in [2.05, 4.69) is 50.3 Å². The van der Waals surface area contributed by atoms with E-state index in [-0.39, 0.29) is 11.0 Å². The van der Waals surface area contributed by atoms with Gasteiger partial charge in [0.15, 0.2) is 0 Å². The van der Waals surface area contributed by atoms with Crippen LogP contribution in [0.4, 0.5) is 0 Å². The molecule has 0 spiro atoms. The second-order valence-electron chi connectivity index (χ2n) is 9.86. The Balaban J connectivity index is 0.000000137. The smallest absolute Gasteiger partial charge is 0.305 e. The first-order valence-electron chi connectivity index (χ1n) is 13.5. The van der Waals surface area contributed by atoms with Crippen LogP contribution in [0.5, 0.6) is 0 Å². The standard InChI is InChI=1S/C18H11ClN2.C18H12N2O/c19-18-20-16(13-7-2-1-3-8-13)15-11-10-12-6-4-5-9-14(12)17(15)21-18;21-18-19-16(13-7-2-1-3-8-13)15-11-10-12-6-4-5-9-14(12)17(15)20-18/h1-11H;1-11H,(H,19,20,21). The predicted molar refractivity (Wildman–Crippen MR) is 173 cm³/mol. The van der Waals surface area contributed by atoms with E-state index in [9.17, 15) is 4.79 Å². The van der Waals surface area contributed by atoms with E-state index in [1.807, 2.05) is 103 Å². The van der Waals surface area contributed by atoms with Gasteiger partial charge in [0.1, 0.15) is 0 Å². The molecule has 8 aromatic rings. The summed E-state index contributed by atoms with van der Waals surface area (Å²) in [5, 5.41) is 6.63. The van der Waals surface area contributed by atoms with Gasteiger partial charge >= 0.3 is 5.69 Å². The number of halogens is 1. The number of hydrogen-bond donors (Lipinski definition) is 1. The van der Waals surface area contributed by atoms with Crippen molar-refractivity contribution in [3.05, 3.63) is 149 Å². The molecule has 0 radical (unpaired) electrons. The molecule has 0 saturated heterocycles. The molecule has 0 bridgehead atoms. The number of fused-ring (bicyclic) bond motifs is 6. The van der Waals surface area contributed by atoms with E-state index in [1.165, 1.54) is 0 Å². The molecular weight excluding hydrogens is 540 g/mol. The molecular formula is C36H23ClN4O. The van der Waals surface area contributed by atoms with Crippen molar-refractivity contribution in [2.75, 3.05) is 0 Å². The van der Waals surface area contributed by atoms with Gasteiger partial charge in [-0.2, -0.15) is 4.98 Å². The minimum Gasteiger partial charge on any atom is -0.305 e. The lowest BCUT2D eigenvalue weighted by molar-refractivity contribution is 1.13. The molecule has 42 heavy (non-hydrogen) atoms. The number of hydrogen-bond acceptors (Lipinski definition) is 4. The van der Waals surface area contributed by atoms with Crippen LogP contribution in [0, 0.1) is 0 Å². The quantitative estimate of drug-likeness (QED) is 0.169. The van der Waals surface area contributed by atoms with E-state index >= 15 is 0 Å². The molecule has 0 atom stereocenters. The third kappa shape index (κ3) is 4.76. The van der Waals surface area contributed by atoms with Crippen LogP contribution in [-0.2, 0) is 0 Å². The van der Waals surface area contributed by atoms with Gasteiger partial charge in [0.25, 0.3) is 0 Å². The van der Waals surface area contributed by atoms with Crippen molar-refractivity contribution in [2.45, 2.75) is 0 Å². The number of aromatic amines is 1. The summed E-state index contributed by atoms with van der Waals surface area (Å²) in [7, 11) is 0. The SMILES string of the molecule is Clc1nc(-c2ccccc2)c2ccc3ccccc3c2n1.O=c1nc(-c2ccccc2)c2ccc3ccccc3c2[nH]1. The minimum atomic E-state index is -0.322. The topological polar surface area (TPSA) is 71.5 Å². The largest absolute Gasteiger partial charge is 0.345 e. The molecule has 0 aliphatic rings. The molecule has 2 aromatic heterocycles. The zero-order valence-electron chi connectivity index (χ0n) is 22.3. The molecule has 0 unspecified atom stereocenters. The summed E-state index contributed by atoms with van der Waals surface area (Å²) in [6, 6.07) is 44.3. The average Bonchev–Trinajstić information content (AvgIpc) is 3.05. The fraction of sp³-hybridized carbons (Fsp3) is 0. The molecule has 0 aliphatic heterocycles. The lowest BCUT2D eigenvalue weighted by Gasteiger charge is -2.08. The number of nitrogens with one attached hydrogen (secondary N) is 1. The van der Waals surface area contributed by atoms with Crippen molar-refractivity contribution in [1.82, 2.24) is 19.9 Å². The zero-order chi connectivity index (χ0) is 28.5. The molecule has 2 heterocycles. The fourth-order valence-electron chi connectivity index (χ4n) is 5.37. The Morgan fingerprint density at radius 1 is 0.476 bits per heavy atom. The van der Waals surface area contributed by atoms with E-state index < -0.39 is 0 Å². The number of H-pyrrole nitrogens is 1. The second kappa shape index (κ2) is 10.9. The van der Waals surface area contributed by atoms with Crippen LogP contribution in [-0.4, -0.2) is 19.9 Å². The molecule has 5 nitrogen and oxygen atoms in total. The summed E-state index contributed by atoms with van der Waals surface area (Å²) in [6.45, 7) is 0. The van der Waals surface area contributed by atoms with Crippen LogP contribution in [0.1, 0.15) is 0 Å². The van der Waals surface area contributed by atoms with Gasteiger partial charge in [0, 0.05) is 32.7 Å². The van der Waals surface area contributed by atoms with Gasteiger partial charge in [-0.15, -0.1) is 0 Å². The maximum Gasteiger partial charge on any atom is 0.345 e. The molecule has 6 heteroatoms. The van der Waals surface area contributed by atoms with Crippen LogP contribution in [0.3, 0.4) is 0 Å². The Kier molecular flexibility index (Phi) is 6.62. The molecule has 6 aromatic carbocycles. The van der Waals surface area contributed by atoms with Crippen LogP contribution in [0.25, 0.3) is 65.9 Å². The molecule has 0 amide bonds. The first kappa shape index (κ1) is 25.6. The highest BCUT2D eigenvalue weighted by atomic mass is 35.5. The molecule has 0 fully saturated rings.